The summed E-state index contributed by atoms with van der Waals surface area (Å²) in [7, 11) is 1.36. The molecule has 8 heteroatoms. The summed E-state index contributed by atoms with van der Waals surface area (Å²) in [6, 6.07) is 0. The number of thioether (sulfide) groups is 1. The van der Waals surface area contributed by atoms with Gasteiger partial charge in [-0.3, -0.25) is 5.41 Å². The van der Waals surface area contributed by atoms with Gasteiger partial charge in [0.15, 0.2) is 5.90 Å². The van der Waals surface area contributed by atoms with Crippen LogP contribution in [0.2, 0.25) is 0 Å². The maximum absolute atomic E-state index is 9.66. The van der Waals surface area contributed by atoms with Crippen LogP contribution in [-0.4, -0.2) is 75.6 Å². The average molecular weight is 267 g/mol. The van der Waals surface area contributed by atoms with Gasteiger partial charge in [-0.15, -0.1) is 11.8 Å². The molecule has 1 fully saturated rings. The lowest BCUT2D eigenvalue weighted by molar-refractivity contribution is -0.205. The Kier molecular flexibility index (Phi) is 5.63. The van der Waals surface area contributed by atoms with Crippen LogP contribution in [0.4, 0.5) is 0 Å². The van der Waals surface area contributed by atoms with Crippen LogP contribution >= 0.6 is 11.8 Å². The highest BCUT2D eigenvalue weighted by atomic mass is 32.2. The van der Waals surface area contributed by atoms with Gasteiger partial charge in [0.25, 0.3) is 0 Å². The molecule has 5 atom stereocenters. The van der Waals surface area contributed by atoms with Crippen LogP contribution in [0.3, 0.4) is 0 Å². The molecule has 0 unspecified atom stereocenters. The molecule has 0 aliphatic carbocycles. The zero-order chi connectivity index (χ0) is 13.0. The Bertz CT molecular complexity index is 264. The first-order valence-corrected chi connectivity index (χ1v) is 6.09. The molecule has 0 saturated carbocycles. The standard InChI is InChI=1S/C9H17NO6S/c1-15-5(10)3-17-9-8(14)7(13)6(12)4(2-11)16-9/h4,6-14H,2-3H2,1H3/t4-,6-,7+,8-,9+/m1/s1. The molecule has 1 aliphatic rings. The Hall–Kier alpha value is -0.380. The van der Waals surface area contributed by atoms with E-state index in [0.717, 1.165) is 11.8 Å². The highest BCUT2D eigenvalue weighted by Crippen LogP contribution is 2.28. The van der Waals surface area contributed by atoms with Gasteiger partial charge in [-0.2, -0.15) is 0 Å². The zero-order valence-corrected chi connectivity index (χ0v) is 10.1. The van der Waals surface area contributed by atoms with Gasteiger partial charge in [-0.25, -0.2) is 0 Å². The monoisotopic (exact) mass is 267 g/mol. The summed E-state index contributed by atoms with van der Waals surface area (Å²) in [6.07, 6.45) is -4.92. The predicted octanol–water partition coefficient (Wildman–Crippen LogP) is -1.86. The van der Waals surface area contributed by atoms with Crippen LogP contribution in [0, 0.1) is 5.41 Å². The number of aliphatic hydroxyl groups excluding tert-OH is 4. The summed E-state index contributed by atoms with van der Waals surface area (Å²) in [5.74, 6) is 0.172. The van der Waals surface area contributed by atoms with E-state index in [9.17, 15) is 15.3 Å². The third-order valence-corrected chi connectivity index (χ3v) is 3.62. The van der Waals surface area contributed by atoms with Gasteiger partial charge in [0.05, 0.1) is 19.5 Å². The number of aliphatic hydroxyl groups is 4. The number of hydrogen-bond donors (Lipinski definition) is 5. The molecule has 7 nitrogen and oxygen atoms in total. The van der Waals surface area contributed by atoms with Gasteiger partial charge >= 0.3 is 0 Å². The molecule has 1 saturated heterocycles. The molecular formula is C9H17NO6S. The van der Waals surface area contributed by atoms with Gasteiger partial charge in [-0.05, 0) is 0 Å². The summed E-state index contributed by atoms with van der Waals surface area (Å²) in [4.78, 5) is 0. The fourth-order valence-corrected chi connectivity index (χ4v) is 2.43. The summed E-state index contributed by atoms with van der Waals surface area (Å²) < 4.78 is 9.87. The topological polar surface area (TPSA) is 123 Å². The normalized spacial score (nSPS) is 37.8. The van der Waals surface area contributed by atoms with E-state index in [1.165, 1.54) is 7.11 Å². The molecule has 1 aliphatic heterocycles. The Balaban J connectivity index is 2.56. The van der Waals surface area contributed by atoms with E-state index in [1.54, 1.807) is 0 Å². The molecule has 17 heavy (non-hydrogen) atoms. The van der Waals surface area contributed by atoms with Gasteiger partial charge in [0.2, 0.25) is 0 Å². The molecule has 1 rings (SSSR count). The Morgan fingerprint density at radius 2 is 1.94 bits per heavy atom. The van der Waals surface area contributed by atoms with E-state index in [0.29, 0.717) is 0 Å². The second kappa shape index (κ2) is 6.53. The molecular weight excluding hydrogens is 250 g/mol. The predicted molar refractivity (Wildman–Crippen MR) is 61.0 cm³/mol. The molecule has 5 N–H and O–H groups in total. The van der Waals surface area contributed by atoms with E-state index in [4.69, 9.17) is 15.3 Å². The van der Waals surface area contributed by atoms with Crippen molar-refractivity contribution in [2.24, 2.45) is 0 Å². The first kappa shape index (κ1) is 14.7. The minimum absolute atomic E-state index is 0.00644. The molecule has 0 amide bonds. The average Bonchev–Trinajstić information content (AvgIpc) is 2.34. The SMILES string of the molecule is COC(=N)CS[C@@H]1O[C@H](CO)[C@@H](O)[C@H](O)[C@H]1O. The van der Waals surface area contributed by atoms with Crippen molar-refractivity contribution in [2.75, 3.05) is 19.5 Å². The highest BCUT2D eigenvalue weighted by Gasteiger charge is 2.43. The number of rotatable bonds is 4. The smallest absolute Gasteiger partial charge is 0.190 e. The molecule has 0 aromatic carbocycles. The van der Waals surface area contributed by atoms with Crippen LogP contribution in [0.1, 0.15) is 0 Å². The molecule has 0 spiro atoms. The number of ether oxygens (including phenoxy) is 2. The maximum Gasteiger partial charge on any atom is 0.190 e. The van der Waals surface area contributed by atoms with Crippen molar-refractivity contribution in [2.45, 2.75) is 29.9 Å². The van der Waals surface area contributed by atoms with Crippen molar-refractivity contribution in [3.8, 4) is 0 Å². The zero-order valence-electron chi connectivity index (χ0n) is 9.31. The largest absolute Gasteiger partial charge is 0.484 e. The fourth-order valence-electron chi connectivity index (χ4n) is 1.42. The van der Waals surface area contributed by atoms with Crippen molar-refractivity contribution in [1.82, 2.24) is 0 Å². The van der Waals surface area contributed by atoms with Crippen molar-refractivity contribution < 1.29 is 29.9 Å². The molecule has 100 valence electrons. The molecule has 0 aromatic heterocycles. The van der Waals surface area contributed by atoms with E-state index >= 15 is 0 Å². The summed E-state index contributed by atoms with van der Waals surface area (Å²) in [5.41, 5.74) is -0.818. The fraction of sp³-hybridized carbons (Fsp3) is 0.889. The molecule has 0 bridgehead atoms. The summed E-state index contributed by atoms with van der Waals surface area (Å²) >= 11 is 1.06. The van der Waals surface area contributed by atoms with Gasteiger partial charge in [0, 0.05) is 0 Å². The van der Waals surface area contributed by atoms with Crippen LogP contribution in [0.15, 0.2) is 0 Å². The second-order valence-electron chi connectivity index (χ2n) is 3.64. The van der Waals surface area contributed by atoms with Gasteiger partial charge in [0.1, 0.15) is 29.9 Å². The Morgan fingerprint density at radius 1 is 1.29 bits per heavy atom. The minimum atomic E-state index is -1.38. The van der Waals surface area contributed by atoms with Crippen molar-refractivity contribution >= 4 is 17.7 Å². The van der Waals surface area contributed by atoms with E-state index < -0.39 is 36.5 Å². The van der Waals surface area contributed by atoms with Gasteiger partial charge in [-0.1, -0.05) is 0 Å². The Morgan fingerprint density at radius 3 is 2.47 bits per heavy atom. The molecule has 0 radical (unpaired) electrons. The van der Waals surface area contributed by atoms with Crippen molar-refractivity contribution in [3.63, 3.8) is 0 Å². The van der Waals surface area contributed by atoms with Crippen LogP contribution in [0.5, 0.6) is 0 Å². The lowest BCUT2D eigenvalue weighted by Crippen LogP contribution is -2.57. The van der Waals surface area contributed by atoms with E-state index in [1.807, 2.05) is 0 Å². The van der Waals surface area contributed by atoms with E-state index in [-0.39, 0.29) is 11.7 Å². The number of methoxy groups -OCH3 is 1. The third-order valence-electron chi connectivity index (χ3n) is 2.47. The number of hydrogen-bond acceptors (Lipinski definition) is 8. The van der Waals surface area contributed by atoms with Crippen LogP contribution in [-0.2, 0) is 9.47 Å². The highest BCUT2D eigenvalue weighted by molar-refractivity contribution is 8.00. The second-order valence-corrected chi connectivity index (χ2v) is 4.72. The summed E-state index contributed by atoms with van der Waals surface area (Å²) in [6.45, 7) is -0.455. The lowest BCUT2D eigenvalue weighted by atomic mass is 10.0. The minimum Gasteiger partial charge on any atom is -0.484 e. The summed E-state index contributed by atoms with van der Waals surface area (Å²) in [5, 5.41) is 44.9. The third kappa shape index (κ3) is 3.54. The molecule has 0 aromatic rings. The maximum atomic E-state index is 9.66. The molecule has 1 heterocycles. The Labute approximate surface area is 103 Å². The lowest BCUT2D eigenvalue weighted by Gasteiger charge is -2.39. The first-order valence-electron chi connectivity index (χ1n) is 5.04. The van der Waals surface area contributed by atoms with Crippen LogP contribution < -0.4 is 0 Å². The van der Waals surface area contributed by atoms with E-state index in [2.05, 4.69) is 4.74 Å². The first-order chi connectivity index (χ1) is 8.01. The number of nitrogens with one attached hydrogen (secondary N) is 1. The van der Waals surface area contributed by atoms with Crippen molar-refractivity contribution in [3.05, 3.63) is 0 Å². The van der Waals surface area contributed by atoms with Gasteiger partial charge < -0.3 is 29.9 Å². The quantitative estimate of drug-likeness (QED) is 0.299. The van der Waals surface area contributed by atoms with Crippen LogP contribution in [0.25, 0.3) is 0 Å². The van der Waals surface area contributed by atoms with Crippen molar-refractivity contribution in [1.29, 1.82) is 5.41 Å².